The Labute approximate surface area is 106 Å². The predicted molar refractivity (Wildman–Crippen MR) is 65.9 cm³/mol. The Balaban J connectivity index is 1.67. The van der Waals surface area contributed by atoms with E-state index in [2.05, 4.69) is 9.55 Å². The van der Waals surface area contributed by atoms with Gasteiger partial charge in [0.1, 0.15) is 0 Å². The van der Waals surface area contributed by atoms with Gasteiger partial charge in [-0.3, -0.25) is 4.79 Å². The number of piperidine rings is 1. The highest BCUT2D eigenvalue weighted by atomic mass is 16.3. The Morgan fingerprint density at radius 3 is 3.11 bits per heavy atom. The molecule has 2 unspecified atom stereocenters. The van der Waals surface area contributed by atoms with Gasteiger partial charge in [-0.15, -0.1) is 0 Å². The molecule has 2 aliphatic heterocycles. The van der Waals surface area contributed by atoms with Crippen molar-refractivity contribution in [3.05, 3.63) is 18.2 Å². The lowest BCUT2D eigenvalue weighted by Crippen LogP contribution is -2.46. The van der Waals surface area contributed by atoms with E-state index >= 15 is 0 Å². The highest BCUT2D eigenvalue weighted by Gasteiger charge is 2.30. The van der Waals surface area contributed by atoms with Crippen molar-refractivity contribution in [1.82, 2.24) is 14.5 Å². The molecular formula is C13H19N3O2. The Morgan fingerprint density at radius 1 is 1.39 bits per heavy atom. The smallest absolute Gasteiger partial charge is 0.226 e. The molecule has 0 spiro atoms. The number of fused-ring (bicyclic) bond motifs is 1. The maximum atomic E-state index is 12.4. The molecule has 0 aliphatic carbocycles. The summed E-state index contributed by atoms with van der Waals surface area (Å²) < 4.78 is 2.12. The van der Waals surface area contributed by atoms with Gasteiger partial charge in [-0.25, -0.2) is 4.98 Å². The fourth-order valence-electron chi connectivity index (χ4n) is 2.99. The number of nitrogens with zero attached hydrogens (tertiary/aromatic N) is 3. The molecule has 0 radical (unpaired) electrons. The maximum Gasteiger partial charge on any atom is 0.226 e. The lowest BCUT2D eigenvalue weighted by atomic mass is 9.93. The average Bonchev–Trinajstić information content (AvgIpc) is 2.85. The molecule has 1 amide bonds. The lowest BCUT2D eigenvalue weighted by Gasteiger charge is -2.34. The normalized spacial score (nSPS) is 27.9. The second kappa shape index (κ2) is 4.72. The van der Waals surface area contributed by atoms with E-state index in [-0.39, 0.29) is 17.9 Å². The molecule has 98 valence electrons. The number of aliphatic hydroxyl groups is 1. The second-order valence-corrected chi connectivity index (χ2v) is 5.35. The minimum atomic E-state index is -0.336. The number of aliphatic hydroxyl groups excluding tert-OH is 1. The van der Waals surface area contributed by atoms with Crippen LogP contribution in [0.5, 0.6) is 0 Å². The number of rotatable bonds is 1. The van der Waals surface area contributed by atoms with Crippen LogP contribution in [0.4, 0.5) is 0 Å². The van der Waals surface area contributed by atoms with E-state index in [4.69, 9.17) is 0 Å². The van der Waals surface area contributed by atoms with Crippen molar-refractivity contribution in [2.24, 2.45) is 5.92 Å². The Bertz CT molecular complexity index is 443. The molecule has 2 atom stereocenters. The minimum Gasteiger partial charge on any atom is -0.391 e. The van der Waals surface area contributed by atoms with Crippen LogP contribution in [-0.2, 0) is 17.8 Å². The van der Waals surface area contributed by atoms with Crippen molar-refractivity contribution in [1.29, 1.82) is 0 Å². The van der Waals surface area contributed by atoms with Gasteiger partial charge in [0.25, 0.3) is 0 Å². The molecule has 5 heteroatoms. The summed E-state index contributed by atoms with van der Waals surface area (Å²) >= 11 is 0. The van der Waals surface area contributed by atoms with E-state index in [1.807, 2.05) is 17.4 Å². The summed E-state index contributed by atoms with van der Waals surface area (Å²) in [5, 5.41) is 9.64. The maximum absolute atomic E-state index is 12.4. The van der Waals surface area contributed by atoms with Gasteiger partial charge in [0.2, 0.25) is 5.91 Å². The zero-order valence-corrected chi connectivity index (χ0v) is 10.5. The highest BCUT2D eigenvalue weighted by molar-refractivity contribution is 5.79. The second-order valence-electron chi connectivity index (χ2n) is 5.35. The van der Waals surface area contributed by atoms with Crippen LogP contribution in [0.1, 0.15) is 25.0 Å². The Morgan fingerprint density at radius 2 is 2.28 bits per heavy atom. The van der Waals surface area contributed by atoms with Crippen molar-refractivity contribution >= 4 is 5.91 Å². The van der Waals surface area contributed by atoms with Crippen LogP contribution >= 0.6 is 0 Å². The summed E-state index contributed by atoms with van der Waals surface area (Å²) in [6.45, 7) is 2.18. The van der Waals surface area contributed by atoms with Gasteiger partial charge < -0.3 is 14.6 Å². The minimum absolute atomic E-state index is 0.0690. The molecular weight excluding hydrogens is 230 g/mol. The number of carbonyl (C=O) groups excluding carboxylic acids is 1. The summed E-state index contributed by atoms with van der Waals surface area (Å²) in [5.74, 6) is 0.278. The third-order valence-electron chi connectivity index (χ3n) is 4.03. The number of β-amino-alcohol motifs (C(OH)–C–C–N with tert-alkyl or cyclic N) is 1. The van der Waals surface area contributed by atoms with Crippen molar-refractivity contribution in [3.8, 4) is 0 Å². The first kappa shape index (κ1) is 11.7. The van der Waals surface area contributed by atoms with Crippen LogP contribution < -0.4 is 0 Å². The Kier molecular flexibility index (Phi) is 3.07. The summed E-state index contributed by atoms with van der Waals surface area (Å²) in [6, 6.07) is 0. The predicted octanol–water partition coefficient (Wildman–Crippen LogP) is 0.429. The number of amides is 1. The summed E-state index contributed by atoms with van der Waals surface area (Å²) in [4.78, 5) is 18.4. The molecule has 1 N–H and O–H groups in total. The number of likely N-dealkylation sites (tertiary alicyclic amines) is 1. The number of aryl methyl sites for hydroxylation is 1. The lowest BCUT2D eigenvalue weighted by molar-refractivity contribution is -0.139. The number of hydrogen-bond donors (Lipinski definition) is 1. The molecule has 1 aromatic rings. The van der Waals surface area contributed by atoms with Crippen molar-refractivity contribution < 1.29 is 9.90 Å². The van der Waals surface area contributed by atoms with Crippen molar-refractivity contribution in [2.45, 2.75) is 38.3 Å². The van der Waals surface area contributed by atoms with E-state index in [1.165, 1.54) is 0 Å². The average molecular weight is 249 g/mol. The molecule has 1 fully saturated rings. The molecule has 0 saturated carbocycles. The molecule has 1 saturated heterocycles. The van der Waals surface area contributed by atoms with E-state index in [1.54, 1.807) is 0 Å². The van der Waals surface area contributed by atoms with E-state index < -0.39 is 0 Å². The molecule has 3 heterocycles. The van der Waals surface area contributed by atoms with Crippen LogP contribution in [-0.4, -0.2) is 44.7 Å². The quantitative estimate of drug-likeness (QED) is 0.785. The molecule has 18 heavy (non-hydrogen) atoms. The summed E-state index contributed by atoms with van der Waals surface area (Å²) in [7, 11) is 0. The van der Waals surface area contributed by atoms with Gasteiger partial charge >= 0.3 is 0 Å². The molecule has 2 aliphatic rings. The first-order chi connectivity index (χ1) is 8.74. The van der Waals surface area contributed by atoms with Gasteiger partial charge in [-0.1, -0.05) is 0 Å². The molecule has 0 aromatic carbocycles. The van der Waals surface area contributed by atoms with Gasteiger partial charge in [-0.05, 0) is 19.3 Å². The standard InChI is InChI=1S/C13H19N3O2/c17-12-2-1-4-15(8-12)13(18)10-3-5-16-9-14-7-11(16)6-10/h7,9-10,12,17H,1-6,8H2. The van der Waals surface area contributed by atoms with Crippen LogP contribution in [0, 0.1) is 5.92 Å². The first-order valence-corrected chi connectivity index (χ1v) is 6.70. The number of hydrogen-bond acceptors (Lipinski definition) is 3. The summed E-state index contributed by atoms with van der Waals surface area (Å²) in [6.07, 6.45) is 6.75. The molecule has 3 rings (SSSR count). The van der Waals surface area contributed by atoms with Crippen LogP contribution in [0.25, 0.3) is 0 Å². The monoisotopic (exact) mass is 249 g/mol. The number of aromatic nitrogens is 2. The fraction of sp³-hybridized carbons (Fsp3) is 0.692. The highest BCUT2D eigenvalue weighted by Crippen LogP contribution is 2.23. The Hall–Kier alpha value is -1.36. The van der Waals surface area contributed by atoms with Crippen LogP contribution in [0.15, 0.2) is 12.5 Å². The van der Waals surface area contributed by atoms with E-state index in [0.29, 0.717) is 6.54 Å². The largest absolute Gasteiger partial charge is 0.391 e. The fourth-order valence-corrected chi connectivity index (χ4v) is 2.99. The number of carbonyl (C=O) groups is 1. The van der Waals surface area contributed by atoms with Crippen molar-refractivity contribution in [2.75, 3.05) is 13.1 Å². The van der Waals surface area contributed by atoms with Crippen molar-refractivity contribution in [3.63, 3.8) is 0 Å². The SMILES string of the molecule is O=C(C1CCn2cncc2C1)N1CCCC(O)C1. The van der Waals surface area contributed by atoms with Gasteiger partial charge in [0, 0.05) is 43.9 Å². The van der Waals surface area contributed by atoms with Crippen LogP contribution in [0.3, 0.4) is 0 Å². The molecule has 1 aromatic heterocycles. The van der Waals surface area contributed by atoms with E-state index in [0.717, 1.165) is 44.5 Å². The molecule has 0 bridgehead atoms. The third kappa shape index (κ3) is 2.14. The van der Waals surface area contributed by atoms with E-state index in [9.17, 15) is 9.90 Å². The number of imidazole rings is 1. The van der Waals surface area contributed by atoms with Crippen LogP contribution in [0.2, 0.25) is 0 Å². The topological polar surface area (TPSA) is 58.4 Å². The zero-order chi connectivity index (χ0) is 12.5. The molecule has 5 nitrogen and oxygen atoms in total. The zero-order valence-electron chi connectivity index (χ0n) is 10.5. The van der Waals surface area contributed by atoms with Gasteiger partial charge in [0.05, 0.1) is 12.4 Å². The van der Waals surface area contributed by atoms with Gasteiger partial charge in [0.15, 0.2) is 0 Å². The van der Waals surface area contributed by atoms with Gasteiger partial charge in [-0.2, -0.15) is 0 Å². The first-order valence-electron chi connectivity index (χ1n) is 6.70. The summed E-state index contributed by atoms with van der Waals surface area (Å²) in [5.41, 5.74) is 1.15. The third-order valence-corrected chi connectivity index (χ3v) is 4.03.